The van der Waals surface area contributed by atoms with Crippen molar-refractivity contribution in [1.29, 1.82) is 0 Å². The number of rotatable bonds is 5. The number of hydrogen-bond donors (Lipinski definition) is 1. The maximum Gasteiger partial charge on any atom is 0.405 e. The minimum absolute atomic E-state index is 0.141. The van der Waals surface area contributed by atoms with Gasteiger partial charge in [-0.1, -0.05) is 13.3 Å². The number of amides is 1. The molecule has 0 spiro atoms. The summed E-state index contributed by atoms with van der Waals surface area (Å²) in [5.74, 6) is -6.11. The molecule has 0 aromatic rings. The van der Waals surface area contributed by atoms with Crippen LogP contribution in [0, 0.1) is 5.92 Å². The zero-order chi connectivity index (χ0) is 15.5. The van der Waals surface area contributed by atoms with Crippen LogP contribution >= 0.6 is 0 Å². The quantitative estimate of drug-likeness (QED) is 0.568. The number of hydrogen-bond acceptors (Lipinski definition) is 7. The lowest BCUT2D eigenvalue weighted by Gasteiger charge is -2.33. The van der Waals surface area contributed by atoms with E-state index in [1.807, 2.05) is 0 Å². The smallest absolute Gasteiger partial charge is 0.405 e. The van der Waals surface area contributed by atoms with E-state index in [1.165, 1.54) is 13.8 Å². The van der Waals surface area contributed by atoms with Gasteiger partial charge < -0.3 is 19.9 Å². The first-order chi connectivity index (χ1) is 9.18. The predicted octanol–water partition coefficient (Wildman–Crippen LogP) is 0.272. The van der Waals surface area contributed by atoms with Crippen LogP contribution in [-0.2, 0) is 28.6 Å². The summed E-state index contributed by atoms with van der Waals surface area (Å²) in [5, 5.41) is 0. The van der Waals surface area contributed by atoms with Crippen molar-refractivity contribution < 1.29 is 33.4 Å². The molecule has 0 bridgehead atoms. The molecule has 1 unspecified atom stereocenters. The average molecular weight is 287 g/mol. The first-order valence-electron chi connectivity index (χ1n) is 6.13. The SMILES string of the molecule is CCCC(OC(N)=O)C(=O)C1C(=O)OC(C)(C)OC1=O. The van der Waals surface area contributed by atoms with E-state index in [4.69, 9.17) is 15.2 Å². The number of carbonyl (C=O) groups excluding carboxylic acids is 4. The van der Waals surface area contributed by atoms with Crippen LogP contribution in [0.4, 0.5) is 4.79 Å². The van der Waals surface area contributed by atoms with Crippen molar-refractivity contribution in [3.63, 3.8) is 0 Å². The molecule has 0 aromatic carbocycles. The summed E-state index contributed by atoms with van der Waals surface area (Å²) in [6.07, 6.45) is -1.80. The van der Waals surface area contributed by atoms with Gasteiger partial charge in [0, 0.05) is 13.8 Å². The molecule has 1 atom stereocenters. The van der Waals surface area contributed by atoms with Gasteiger partial charge in [0.25, 0.3) is 5.79 Å². The lowest BCUT2D eigenvalue weighted by atomic mass is 9.96. The second-order valence-electron chi connectivity index (χ2n) is 4.79. The summed E-state index contributed by atoms with van der Waals surface area (Å²) in [6.45, 7) is 4.48. The number of Topliss-reactive ketones (excluding diaryl/α,β-unsaturated/α-hetero) is 1. The molecular formula is C12H17NO7. The Labute approximate surface area is 115 Å². The molecule has 1 rings (SSSR count). The molecule has 0 aliphatic carbocycles. The van der Waals surface area contributed by atoms with Crippen LogP contribution in [-0.4, -0.2) is 35.7 Å². The second kappa shape index (κ2) is 5.89. The Kier molecular flexibility index (Phi) is 4.69. The third-order valence-electron chi connectivity index (χ3n) is 2.58. The molecule has 1 fully saturated rings. The van der Waals surface area contributed by atoms with Crippen LogP contribution in [0.3, 0.4) is 0 Å². The zero-order valence-electron chi connectivity index (χ0n) is 11.5. The Morgan fingerprint density at radius 2 is 1.80 bits per heavy atom. The Morgan fingerprint density at radius 1 is 1.30 bits per heavy atom. The standard InChI is InChI=1S/C12H17NO7/c1-4-5-6(18-11(13)17)8(14)7-9(15)19-12(2,3)20-10(7)16/h6-7H,4-5H2,1-3H3,(H2,13,17). The molecule has 0 saturated carbocycles. The first kappa shape index (κ1) is 15.9. The van der Waals surface area contributed by atoms with Crippen molar-refractivity contribution in [2.75, 3.05) is 0 Å². The highest BCUT2D eigenvalue weighted by atomic mass is 16.7. The van der Waals surface area contributed by atoms with E-state index in [0.717, 1.165) is 0 Å². The first-order valence-corrected chi connectivity index (χ1v) is 6.13. The molecule has 1 heterocycles. The molecule has 1 saturated heterocycles. The van der Waals surface area contributed by atoms with Crippen LogP contribution in [0.15, 0.2) is 0 Å². The average Bonchev–Trinajstić information content (AvgIpc) is 2.24. The summed E-state index contributed by atoms with van der Waals surface area (Å²) in [4.78, 5) is 46.4. The number of primary amides is 1. The van der Waals surface area contributed by atoms with E-state index in [-0.39, 0.29) is 6.42 Å². The van der Waals surface area contributed by atoms with Gasteiger partial charge in [0.1, 0.15) is 0 Å². The van der Waals surface area contributed by atoms with Gasteiger partial charge in [-0.15, -0.1) is 0 Å². The van der Waals surface area contributed by atoms with E-state index in [9.17, 15) is 19.2 Å². The molecule has 0 aromatic heterocycles. The lowest BCUT2D eigenvalue weighted by Crippen LogP contribution is -2.51. The van der Waals surface area contributed by atoms with Gasteiger partial charge in [-0.05, 0) is 6.42 Å². The molecule has 1 amide bonds. The van der Waals surface area contributed by atoms with Crippen molar-refractivity contribution in [2.24, 2.45) is 11.7 Å². The van der Waals surface area contributed by atoms with Gasteiger partial charge in [0.05, 0.1) is 0 Å². The van der Waals surface area contributed by atoms with Gasteiger partial charge in [0.2, 0.25) is 5.92 Å². The van der Waals surface area contributed by atoms with E-state index in [0.29, 0.717) is 6.42 Å². The van der Waals surface area contributed by atoms with Gasteiger partial charge >= 0.3 is 18.0 Å². The minimum atomic E-state index is -1.75. The van der Waals surface area contributed by atoms with Crippen LogP contribution in [0.25, 0.3) is 0 Å². The summed E-state index contributed by atoms with van der Waals surface area (Å²) in [7, 11) is 0. The third-order valence-corrected chi connectivity index (χ3v) is 2.58. The molecule has 1 aliphatic heterocycles. The fourth-order valence-electron chi connectivity index (χ4n) is 1.80. The van der Waals surface area contributed by atoms with Crippen LogP contribution in [0.5, 0.6) is 0 Å². The van der Waals surface area contributed by atoms with Crippen molar-refractivity contribution in [3.05, 3.63) is 0 Å². The zero-order valence-corrected chi connectivity index (χ0v) is 11.5. The highest BCUT2D eigenvalue weighted by Gasteiger charge is 2.49. The monoisotopic (exact) mass is 287 g/mol. The Morgan fingerprint density at radius 3 is 2.20 bits per heavy atom. The van der Waals surface area contributed by atoms with E-state index in [2.05, 4.69) is 4.74 Å². The van der Waals surface area contributed by atoms with Gasteiger partial charge in [0.15, 0.2) is 11.9 Å². The summed E-state index contributed by atoms with van der Waals surface area (Å²) >= 11 is 0. The summed E-state index contributed by atoms with van der Waals surface area (Å²) in [5.41, 5.74) is 4.86. The normalized spacial score (nSPS) is 19.8. The van der Waals surface area contributed by atoms with Gasteiger partial charge in [-0.2, -0.15) is 0 Å². The highest BCUT2D eigenvalue weighted by Crippen LogP contribution is 2.25. The van der Waals surface area contributed by atoms with E-state index >= 15 is 0 Å². The number of ketones is 1. The molecule has 112 valence electrons. The maximum absolute atomic E-state index is 12.1. The molecule has 1 aliphatic rings. The molecule has 8 nitrogen and oxygen atoms in total. The van der Waals surface area contributed by atoms with Crippen LogP contribution < -0.4 is 5.73 Å². The number of nitrogens with two attached hydrogens (primary N) is 1. The second-order valence-corrected chi connectivity index (χ2v) is 4.79. The van der Waals surface area contributed by atoms with Crippen molar-refractivity contribution in [1.82, 2.24) is 0 Å². The van der Waals surface area contributed by atoms with Crippen molar-refractivity contribution >= 4 is 23.8 Å². The van der Waals surface area contributed by atoms with Crippen LogP contribution in [0.2, 0.25) is 0 Å². The molecule has 2 N–H and O–H groups in total. The Balaban J connectivity index is 2.91. The van der Waals surface area contributed by atoms with Crippen LogP contribution in [0.1, 0.15) is 33.6 Å². The fraction of sp³-hybridized carbons (Fsp3) is 0.667. The highest BCUT2D eigenvalue weighted by molar-refractivity contribution is 6.17. The number of esters is 2. The number of ether oxygens (including phenoxy) is 3. The van der Waals surface area contributed by atoms with Crippen molar-refractivity contribution in [3.8, 4) is 0 Å². The summed E-state index contributed by atoms with van der Waals surface area (Å²) < 4.78 is 14.3. The fourth-order valence-corrected chi connectivity index (χ4v) is 1.80. The molecular weight excluding hydrogens is 270 g/mol. The number of cyclic esters (lactones) is 2. The Bertz CT molecular complexity index is 423. The topological polar surface area (TPSA) is 122 Å². The third kappa shape index (κ3) is 3.69. The predicted molar refractivity (Wildman–Crippen MR) is 64.1 cm³/mol. The Hall–Kier alpha value is -2.12. The minimum Gasteiger partial charge on any atom is -0.438 e. The van der Waals surface area contributed by atoms with E-state index in [1.54, 1.807) is 6.92 Å². The summed E-state index contributed by atoms with van der Waals surface area (Å²) in [6, 6.07) is 0. The molecule has 0 radical (unpaired) electrons. The van der Waals surface area contributed by atoms with E-state index < -0.39 is 41.6 Å². The largest absolute Gasteiger partial charge is 0.438 e. The number of carbonyl (C=O) groups is 4. The van der Waals surface area contributed by atoms with Crippen molar-refractivity contribution in [2.45, 2.75) is 45.5 Å². The molecule has 20 heavy (non-hydrogen) atoms. The van der Waals surface area contributed by atoms with Gasteiger partial charge in [-0.25, -0.2) is 4.79 Å². The maximum atomic E-state index is 12.1. The lowest BCUT2D eigenvalue weighted by molar-refractivity contribution is -0.239. The van der Waals surface area contributed by atoms with Gasteiger partial charge in [-0.3, -0.25) is 14.4 Å². The molecule has 8 heteroatoms.